The molecule has 9 nitrogen and oxygen atoms in total. The quantitative estimate of drug-likeness (QED) is 0.683. The smallest absolute Gasteiger partial charge is 0.321 e. The van der Waals surface area contributed by atoms with Crippen molar-refractivity contribution >= 4 is 17.4 Å². The maximum absolute atomic E-state index is 12.4. The minimum Gasteiger partial charge on any atom is -0.324 e. The van der Waals surface area contributed by atoms with Gasteiger partial charge in [0.05, 0.1) is 4.92 Å². The molecule has 1 saturated heterocycles. The van der Waals surface area contributed by atoms with Gasteiger partial charge in [-0.05, 0) is 30.9 Å². The van der Waals surface area contributed by atoms with E-state index in [0.29, 0.717) is 24.7 Å². The maximum Gasteiger partial charge on any atom is 0.321 e. The van der Waals surface area contributed by atoms with Gasteiger partial charge in [0.1, 0.15) is 12.7 Å². The molecule has 3 rings (SSSR count). The van der Waals surface area contributed by atoms with E-state index in [1.807, 2.05) is 0 Å². The lowest BCUT2D eigenvalue weighted by atomic mass is 9.98. The molecule has 1 aromatic carbocycles. The summed E-state index contributed by atoms with van der Waals surface area (Å²) in [6.45, 7) is 2.09. The van der Waals surface area contributed by atoms with Crippen LogP contribution >= 0.6 is 0 Å². The van der Waals surface area contributed by atoms with Crippen LogP contribution in [0.2, 0.25) is 0 Å². The number of likely N-dealkylation sites (tertiary alicyclic amines) is 1. The molecule has 24 heavy (non-hydrogen) atoms. The molecule has 9 heteroatoms. The normalized spacial score (nSPS) is 17.5. The third kappa shape index (κ3) is 3.86. The predicted molar refractivity (Wildman–Crippen MR) is 86.4 cm³/mol. The Morgan fingerprint density at radius 2 is 2.17 bits per heavy atom. The Hall–Kier alpha value is -2.97. The number of nitrogens with one attached hydrogen (secondary N) is 1. The summed E-state index contributed by atoms with van der Waals surface area (Å²) >= 11 is 0. The van der Waals surface area contributed by atoms with Crippen molar-refractivity contribution in [1.29, 1.82) is 0 Å². The van der Waals surface area contributed by atoms with Crippen LogP contribution in [0.25, 0.3) is 0 Å². The number of nitro benzene ring substituents is 1. The molecule has 0 unspecified atom stereocenters. The molecule has 0 bridgehead atoms. The van der Waals surface area contributed by atoms with Crippen LogP contribution in [0.4, 0.5) is 16.2 Å². The van der Waals surface area contributed by atoms with Gasteiger partial charge in [-0.2, -0.15) is 5.10 Å². The van der Waals surface area contributed by atoms with Crippen LogP contribution in [-0.2, 0) is 6.54 Å². The van der Waals surface area contributed by atoms with Gasteiger partial charge in [0, 0.05) is 37.5 Å². The first-order valence-electron chi connectivity index (χ1n) is 7.74. The Labute approximate surface area is 138 Å². The Morgan fingerprint density at radius 1 is 1.38 bits per heavy atom. The standard InChI is InChI=1S/C15H18N6O3/c22-15(18-13-3-5-14(6-4-13)21(23)24)19-7-1-2-12(8-19)9-20-11-16-10-17-20/h3-6,10-12H,1-2,7-9H2,(H,18,22)/t12-/m0/s1. The number of piperidine rings is 1. The van der Waals surface area contributed by atoms with E-state index in [0.717, 1.165) is 19.4 Å². The molecule has 2 aromatic rings. The Morgan fingerprint density at radius 3 is 2.83 bits per heavy atom. The first-order valence-corrected chi connectivity index (χ1v) is 7.74. The second-order valence-electron chi connectivity index (χ2n) is 5.81. The zero-order valence-corrected chi connectivity index (χ0v) is 13.0. The fourth-order valence-corrected chi connectivity index (χ4v) is 2.86. The number of carbonyl (C=O) groups is 1. The van der Waals surface area contributed by atoms with Crippen molar-refractivity contribution in [2.24, 2.45) is 5.92 Å². The van der Waals surface area contributed by atoms with Gasteiger partial charge in [-0.1, -0.05) is 0 Å². The fourth-order valence-electron chi connectivity index (χ4n) is 2.86. The van der Waals surface area contributed by atoms with Crippen molar-refractivity contribution in [1.82, 2.24) is 19.7 Å². The summed E-state index contributed by atoms with van der Waals surface area (Å²) in [7, 11) is 0. The second kappa shape index (κ2) is 7.07. The van der Waals surface area contributed by atoms with Crippen LogP contribution in [0.1, 0.15) is 12.8 Å². The number of urea groups is 1. The zero-order valence-electron chi connectivity index (χ0n) is 13.0. The van der Waals surface area contributed by atoms with Crippen LogP contribution in [0.3, 0.4) is 0 Å². The van der Waals surface area contributed by atoms with Crippen molar-refractivity contribution in [3.05, 3.63) is 47.0 Å². The van der Waals surface area contributed by atoms with Crippen molar-refractivity contribution in [2.45, 2.75) is 19.4 Å². The molecule has 0 aliphatic carbocycles. The Kier molecular flexibility index (Phi) is 4.69. The average molecular weight is 330 g/mol. The van der Waals surface area contributed by atoms with Gasteiger partial charge in [-0.25, -0.2) is 9.78 Å². The van der Waals surface area contributed by atoms with Crippen molar-refractivity contribution in [3.63, 3.8) is 0 Å². The van der Waals surface area contributed by atoms with E-state index in [9.17, 15) is 14.9 Å². The van der Waals surface area contributed by atoms with Gasteiger partial charge in [0.15, 0.2) is 0 Å². The molecule has 0 radical (unpaired) electrons. The summed E-state index contributed by atoms with van der Waals surface area (Å²) in [5.74, 6) is 0.336. The third-order valence-electron chi connectivity index (χ3n) is 4.05. The summed E-state index contributed by atoms with van der Waals surface area (Å²) in [5.41, 5.74) is 0.544. The van der Waals surface area contributed by atoms with Crippen molar-refractivity contribution in [3.8, 4) is 0 Å². The lowest BCUT2D eigenvalue weighted by Crippen LogP contribution is -2.43. The molecule has 0 saturated carbocycles. The van der Waals surface area contributed by atoms with Crippen LogP contribution in [-0.4, -0.2) is 43.7 Å². The fraction of sp³-hybridized carbons (Fsp3) is 0.400. The highest BCUT2D eigenvalue weighted by Crippen LogP contribution is 2.20. The molecule has 1 fully saturated rings. The first-order chi connectivity index (χ1) is 11.6. The molecule has 1 N–H and O–H groups in total. The highest BCUT2D eigenvalue weighted by atomic mass is 16.6. The predicted octanol–water partition coefficient (Wildman–Crippen LogP) is 2.13. The second-order valence-corrected chi connectivity index (χ2v) is 5.81. The molecule has 1 aliphatic heterocycles. The number of non-ortho nitro benzene ring substituents is 1. The van der Waals surface area contributed by atoms with Gasteiger partial charge in [0.2, 0.25) is 0 Å². The topological polar surface area (TPSA) is 106 Å². The highest BCUT2D eigenvalue weighted by Gasteiger charge is 2.24. The van der Waals surface area contributed by atoms with E-state index < -0.39 is 4.92 Å². The zero-order chi connectivity index (χ0) is 16.9. The average Bonchev–Trinajstić information content (AvgIpc) is 3.08. The summed E-state index contributed by atoms with van der Waals surface area (Å²) < 4.78 is 1.78. The van der Waals surface area contributed by atoms with E-state index in [2.05, 4.69) is 15.4 Å². The van der Waals surface area contributed by atoms with E-state index in [1.165, 1.54) is 30.6 Å². The largest absolute Gasteiger partial charge is 0.324 e. The number of anilines is 1. The summed E-state index contributed by atoms with van der Waals surface area (Å²) in [6.07, 6.45) is 5.16. The SMILES string of the molecule is O=C(Nc1ccc([N+](=O)[O-])cc1)N1CCC[C@H](Cn2cncn2)C1. The number of hydrogen-bond donors (Lipinski definition) is 1. The molecule has 1 aliphatic rings. The van der Waals surface area contributed by atoms with Gasteiger partial charge >= 0.3 is 6.03 Å². The minimum atomic E-state index is -0.467. The van der Waals surface area contributed by atoms with Gasteiger partial charge in [0.25, 0.3) is 5.69 Å². The summed E-state index contributed by atoms with van der Waals surface area (Å²) in [6, 6.07) is 5.63. The first kappa shape index (κ1) is 15.9. The highest BCUT2D eigenvalue weighted by molar-refractivity contribution is 5.89. The Balaban J connectivity index is 1.56. The van der Waals surface area contributed by atoms with Crippen LogP contribution in [0, 0.1) is 16.0 Å². The number of aromatic nitrogens is 3. The van der Waals surface area contributed by atoms with Crippen LogP contribution in [0.5, 0.6) is 0 Å². The lowest BCUT2D eigenvalue weighted by molar-refractivity contribution is -0.384. The molecule has 1 atom stereocenters. The number of carbonyl (C=O) groups excluding carboxylic acids is 1. The molecule has 0 spiro atoms. The lowest BCUT2D eigenvalue weighted by Gasteiger charge is -2.32. The molecule has 1 aromatic heterocycles. The number of nitro groups is 1. The third-order valence-corrected chi connectivity index (χ3v) is 4.05. The molecule has 126 valence electrons. The van der Waals surface area contributed by atoms with E-state index in [1.54, 1.807) is 15.9 Å². The summed E-state index contributed by atoms with van der Waals surface area (Å²) in [4.78, 5) is 28.3. The van der Waals surface area contributed by atoms with E-state index >= 15 is 0 Å². The molecule has 2 amide bonds. The number of benzene rings is 1. The molecule has 2 heterocycles. The number of amides is 2. The van der Waals surface area contributed by atoms with Crippen LogP contribution in [0.15, 0.2) is 36.9 Å². The molecular weight excluding hydrogens is 312 g/mol. The summed E-state index contributed by atoms with van der Waals surface area (Å²) in [5, 5.41) is 17.5. The van der Waals surface area contributed by atoms with Gasteiger partial charge in [-0.3, -0.25) is 14.8 Å². The van der Waals surface area contributed by atoms with E-state index in [-0.39, 0.29) is 11.7 Å². The van der Waals surface area contributed by atoms with Crippen molar-refractivity contribution in [2.75, 3.05) is 18.4 Å². The Bertz CT molecular complexity index is 701. The van der Waals surface area contributed by atoms with E-state index in [4.69, 9.17) is 0 Å². The van der Waals surface area contributed by atoms with Gasteiger partial charge < -0.3 is 10.2 Å². The van der Waals surface area contributed by atoms with Crippen LogP contribution < -0.4 is 5.32 Å². The number of nitrogens with zero attached hydrogens (tertiary/aromatic N) is 5. The number of rotatable bonds is 4. The minimum absolute atomic E-state index is 0.00105. The number of hydrogen-bond acceptors (Lipinski definition) is 5. The van der Waals surface area contributed by atoms with Gasteiger partial charge in [-0.15, -0.1) is 0 Å². The molecular formula is C15H18N6O3. The van der Waals surface area contributed by atoms with Crippen molar-refractivity contribution < 1.29 is 9.72 Å². The maximum atomic E-state index is 12.4. The monoisotopic (exact) mass is 330 g/mol.